The average Bonchev–Trinajstić information content (AvgIpc) is 3.11. The van der Waals surface area contributed by atoms with Crippen LogP contribution < -0.4 is 24.3 Å². The van der Waals surface area contributed by atoms with Gasteiger partial charge in [-0.05, 0) is 119 Å². The minimum absolute atomic E-state index is 0.0787. The summed E-state index contributed by atoms with van der Waals surface area (Å²) in [4.78, 5) is 14.1. The molecule has 8 heteroatoms. The highest BCUT2D eigenvalue weighted by atomic mass is 79.9. The van der Waals surface area contributed by atoms with Crippen molar-refractivity contribution < 1.29 is 23.7 Å². The monoisotopic (exact) mass is 884 g/mol. The molecule has 1 fully saturated rings. The van der Waals surface area contributed by atoms with Gasteiger partial charge in [-0.1, -0.05) is 107 Å². The van der Waals surface area contributed by atoms with Crippen LogP contribution >= 0.6 is 39.8 Å². The van der Waals surface area contributed by atoms with Crippen molar-refractivity contribution in [2.75, 3.05) is 0 Å². The normalized spacial score (nSPS) is 17.3. The van der Waals surface area contributed by atoms with Crippen LogP contribution in [0.4, 0.5) is 0 Å². The van der Waals surface area contributed by atoms with E-state index in [9.17, 15) is 4.79 Å². The summed E-state index contributed by atoms with van der Waals surface area (Å²) in [5.41, 5.74) is 5.80. The fourth-order valence-corrected chi connectivity index (χ4v) is 12.8. The molecule has 1 aliphatic heterocycles. The second kappa shape index (κ2) is 18.1. The fourth-order valence-electron chi connectivity index (χ4n) is 7.44. The van der Waals surface area contributed by atoms with Gasteiger partial charge in [0.05, 0.1) is 35.5 Å². The molecule has 5 nitrogen and oxygen atoms in total. The maximum absolute atomic E-state index is 14.1. The molecule has 2 unspecified atom stereocenters. The van der Waals surface area contributed by atoms with Gasteiger partial charge < -0.3 is 18.9 Å². The number of Topliss-reactive ketones (excluding diaryl/α,β-unsaturated/α-hetero) is 1. The van der Waals surface area contributed by atoms with E-state index in [-0.39, 0.29) is 41.5 Å². The van der Waals surface area contributed by atoms with Crippen molar-refractivity contribution in [3.63, 3.8) is 0 Å². The molecule has 0 N–H and O–H groups in total. The van der Waals surface area contributed by atoms with Crippen LogP contribution in [-0.4, -0.2) is 30.2 Å². The van der Waals surface area contributed by atoms with Crippen molar-refractivity contribution in [1.82, 2.24) is 0 Å². The summed E-state index contributed by atoms with van der Waals surface area (Å²) in [5, 5.41) is 1.15. The Bertz CT molecular complexity index is 1930. The molecule has 5 aromatic rings. The molecule has 2 atom stereocenters. The minimum Gasteiger partial charge on any atom is -0.490 e. The van der Waals surface area contributed by atoms with E-state index >= 15 is 0 Å². The van der Waals surface area contributed by atoms with Gasteiger partial charge in [0, 0.05) is 33.1 Å². The maximum atomic E-state index is 14.1. The Kier molecular flexibility index (Phi) is 13.5. The Balaban J connectivity index is 1.82. The van der Waals surface area contributed by atoms with E-state index in [2.05, 4.69) is 142 Å². The van der Waals surface area contributed by atoms with Crippen LogP contribution in [0.2, 0.25) is 0 Å². The number of carbonyl (C=O) groups is 1. The predicted octanol–water partition coefficient (Wildman–Crippen LogP) is 13.6. The standard InChI is InChI=1S/C47H51Br2O5P/c1-28(2)51-39-22-14-23-40(52-29(3)4)45(39)35-18-13-19-36(46-41(53-30(5)6)24-15-25-42(46)54-31(7)8)47(35)55-43(33-16-9-11-20-37(33)48)26-32(50)27-44(55)34-17-10-12-21-38(34)49/h9-25,28-31,43-44H,26-27H2,1-8H3. The Labute approximate surface area is 345 Å². The number of rotatable bonds is 13. The highest BCUT2D eigenvalue weighted by molar-refractivity contribution is 9.10. The zero-order valence-corrected chi connectivity index (χ0v) is 37.0. The number of ether oxygens (including phenoxy) is 4. The van der Waals surface area contributed by atoms with Crippen molar-refractivity contribution in [3.05, 3.63) is 123 Å². The molecule has 0 aliphatic carbocycles. The molecule has 0 spiro atoms. The summed E-state index contributed by atoms with van der Waals surface area (Å²) in [7, 11) is -1.23. The van der Waals surface area contributed by atoms with Crippen molar-refractivity contribution in [3.8, 4) is 45.3 Å². The van der Waals surface area contributed by atoms with Crippen LogP contribution in [-0.2, 0) is 4.79 Å². The number of benzene rings is 5. The van der Waals surface area contributed by atoms with Crippen LogP contribution in [0.15, 0.2) is 112 Å². The van der Waals surface area contributed by atoms with Gasteiger partial charge in [0.25, 0.3) is 0 Å². The third-order valence-corrected chi connectivity index (χ3v) is 14.0. The number of hydrogen-bond donors (Lipinski definition) is 0. The van der Waals surface area contributed by atoms with Gasteiger partial charge in [-0.3, -0.25) is 4.79 Å². The first-order valence-electron chi connectivity index (χ1n) is 19.2. The van der Waals surface area contributed by atoms with E-state index in [1.54, 1.807) is 0 Å². The van der Waals surface area contributed by atoms with E-state index in [1.165, 1.54) is 0 Å². The summed E-state index contributed by atoms with van der Waals surface area (Å²) in [6, 6.07) is 35.4. The highest BCUT2D eigenvalue weighted by Gasteiger charge is 2.43. The SMILES string of the molecule is CC(C)Oc1cccc(OC(C)C)c1-c1cccc(-c2c(OC(C)C)cccc2OC(C)C)c1P1C(c2ccccc2Br)CC(=O)CC1c1ccccc1Br. The van der Waals surface area contributed by atoms with Crippen LogP contribution in [0, 0.1) is 0 Å². The second-order valence-corrected chi connectivity index (χ2v) is 19.3. The summed E-state index contributed by atoms with van der Waals surface area (Å²) in [5.74, 6) is 3.23. The van der Waals surface area contributed by atoms with Gasteiger partial charge in [0.1, 0.15) is 28.8 Å². The first-order chi connectivity index (χ1) is 26.3. The number of ketones is 1. The smallest absolute Gasteiger partial charge is 0.134 e. The Morgan fingerprint density at radius 3 is 1.15 bits per heavy atom. The van der Waals surface area contributed by atoms with Crippen molar-refractivity contribution in [2.45, 2.75) is 104 Å². The van der Waals surface area contributed by atoms with Gasteiger partial charge in [-0.15, -0.1) is 0 Å². The summed E-state index contributed by atoms with van der Waals surface area (Å²) in [6.45, 7) is 16.4. The van der Waals surface area contributed by atoms with Gasteiger partial charge in [-0.25, -0.2) is 0 Å². The lowest BCUT2D eigenvalue weighted by atomic mass is 9.96. The minimum atomic E-state index is -1.23. The zero-order chi connectivity index (χ0) is 39.4. The van der Waals surface area contributed by atoms with Crippen molar-refractivity contribution in [1.29, 1.82) is 0 Å². The summed E-state index contributed by atoms with van der Waals surface area (Å²) in [6.07, 6.45) is 0.522. The molecule has 1 aliphatic rings. The fraction of sp³-hybridized carbons (Fsp3) is 0.340. The van der Waals surface area contributed by atoms with Crippen LogP contribution in [0.25, 0.3) is 22.3 Å². The van der Waals surface area contributed by atoms with Crippen LogP contribution in [0.1, 0.15) is 90.7 Å². The second-order valence-electron chi connectivity index (χ2n) is 15.1. The number of halogens is 2. The van der Waals surface area contributed by atoms with E-state index in [0.29, 0.717) is 12.8 Å². The largest absolute Gasteiger partial charge is 0.490 e. The van der Waals surface area contributed by atoms with Gasteiger partial charge >= 0.3 is 0 Å². The molecule has 288 valence electrons. The van der Waals surface area contributed by atoms with Crippen LogP contribution in [0.5, 0.6) is 23.0 Å². The van der Waals surface area contributed by atoms with Gasteiger partial charge in [-0.2, -0.15) is 0 Å². The first-order valence-corrected chi connectivity index (χ1v) is 22.3. The zero-order valence-electron chi connectivity index (χ0n) is 32.9. The molecule has 0 aromatic heterocycles. The van der Waals surface area contributed by atoms with E-state index in [0.717, 1.165) is 70.6 Å². The molecule has 6 rings (SSSR count). The molecule has 1 saturated heterocycles. The molecule has 0 amide bonds. The predicted molar refractivity (Wildman–Crippen MR) is 235 cm³/mol. The number of carbonyl (C=O) groups excluding carboxylic acids is 1. The van der Waals surface area contributed by atoms with Crippen molar-refractivity contribution in [2.24, 2.45) is 0 Å². The molecular weight excluding hydrogens is 835 g/mol. The number of hydrogen-bond acceptors (Lipinski definition) is 5. The van der Waals surface area contributed by atoms with Crippen LogP contribution in [0.3, 0.4) is 0 Å². The molecular formula is C47H51Br2O5P. The van der Waals surface area contributed by atoms with E-state index < -0.39 is 7.92 Å². The first kappa shape index (κ1) is 41.0. The van der Waals surface area contributed by atoms with E-state index in [4.69, 9.17) is 18.9 Å². The molecule has 5 aromatic carbocycles. The lowest BCUT2D eigenvalue weighted by Crippen LogP contribution is -2.26. The Hall–Kier alpha value is -3.64. The van der Waals surface area contributed by atoms with Gasteiger partial charge in [0.15, 0.2) is 0 Å². The quantitative estimate of drug-likeness (QED) is 0.110. The molecule has 0 saturated carbocycles. The average molecular weight is 887 g/mol. The van der Waals surface area contributed by atoms with E-state index in [1.807, 2.05) is 48.5 Å². The van der Waals surface area contributed by atoms with Crippen molar-refractivity contribution >= 4 is 50.9 Å². The molecule has 0 radical (unpaired) electrons. The summed E-state index contributed by atoms with van der Waals surface area (Å²) >= 11 is 7.87. The highest BCUT2D eigenvalue weighted by Crippen LogP contribution is 2.69. The lowest BCUT2D eigenvalue weighted by Gasteiger charge is -2.42. The molecule has 55 heavy (non-hydrogen) atoms. The Morgan fingerprint density at radius 1 is 0.491 bits per heavy atom. The molecule has 0 bridgehead atoms. The lowest BCUT2D eigenvalue weighted by molar-refractivity contribution is -0.119. The Morgan fingerprint density at radius 2 is 0.818 bits per heavy atom. The summed E-state index contributed by atoms with van der Waals surface area (Å²) < 4.78 is 28.6. The van der Waals surface area contributed by atoms with Gasteiger partial charge in [0.2, 0.25) is 0 Å². The maximum Gasteiger partial charge on any atom is 0.134 e. The third-order valence-electron chi connectivity index (χ3n) is 9.30. The topological polar surface area (TPSA) is 54.0 Å². The third kappa shape index (κ3) is 9.33. The molecule has 1 heterocycles.